The van der Waals surface area contributed by atoms with Crippen LogP contribution in [-0.2, 0) is 0 Å². The predicted octanol–water partition coefficient (Wildman–Crippen LogP) is 1.58. The highest BCUT2D eigenvalue weighted by molar-refractivity contribution is 5.29. The van der Waals surface area contributed by atoms with Crippen LogP contribution in [0.4, 0.5) is 10.3 Å². The highest BCUT2D eigenvalue weighted by Gasteiger charge is 2.20. The molecule has 1 aliphatic rings. The molecule has 1 saturated heterocycles. The Kier molecular flexibility index (Phi) is 4.25. The first-order valence-corrected chi connectivity index (χ1v) is 6.25. The first kappa shape index (κ1) is 12.2. The summed E-state index contributed by atoms with van der Waals surface area (Å²) in [5, 5.41) is 3.51. The van der Waals surface area contributed by atoms with Gasteiger partial charge in [0.25, 0.3) is 0 Å². The van der Waals surface area contributed by atoms with Gasteiger partial charge in [-0.1, -0.05) is 6.92 Å². The maximum absolute atomic E-state index is 12.7. The van der Waals surface area contributed by atoms with Crippen LogP contribution in [0.1, 0.15) is 26.2 Å². The quantitative estimate of drug-likeness (QED) is 0.864. The zero-order chi connectivity index (χ0) is 12.1. The van der Waals surface area contributed by atoms with Crippen molar-refractivity contribution in [1.29, 1.82) is 0 Å². The first-order chi connectivity index (χ1) is 8.29. The Morgan fingerprint density at radius 3 is 2.94 bits per heavy atom. The number of anilines is 1. The summed E-state index contributed by atoms with van der Waals surface area (Å²) in [5.41, 5.74) is 0. The van der Waals surface area contributed by atoms with Gasteiger partial charge in [-0.05, 0) is 25.8 Å². The number of rotatable bonds is 4. The molecule has 2 heterocycles. The molecule has 1 atom stereocenters. The summed E-state index contributed by atoms with van der Waals surface area (Å²) in [6.45, 7) is 5.07. The summed E-state index contributed by atoms with van der Waals surface area (Å²) in [5.74, 6) is 0.251. The van der Waals surface area contributed by atoms with Crippen LogP contribution in [-0.4, -0.2) is 35.6 Å². The van der Waals surface area contributed by atoms with E-state index in [0.717, 1.165) is 32.5 Å². The lowest BCUT2D eigenvalue weighted by Crippen LogP contribution is -2.46. The van der Waals surface area contributed by atoms with Crippen molar-refractivity contribution in [1.82, 2.24) is 15.3 Å². The molecular weight excluding hydrogens is 219 g/mol. The number of halogens is 1. The SMILES string of the molecule is CCCNC1CCCN(c2ncc(F)cn2)C1. The third-order valence-corrected chi connectivity index (χ3v) is 2.99. The Morgan fingerprint density at radius 1 is 1.47 bits per heavy atom. The van der Waals surface area contributed by atoms with Gasteiger partial charge < -0.3 is 10.2 Å². The lowest BCUT2D eigenvalue weighted by atomic mass is 10.1. The van der Waals surface area contributed by atoms with Gasteiger partial charge in [0.15, 0.2) is 5.82 Å². The zero-order valence-corrected chi connectivity index (χ0v) is 10.2. The van der Waals surface area contributed by atoms with E-state index in [0.29, 0.717) is 12.0 Å². The van der Waals surface area contributed by atoms with Gasteiger partial charge in [-0.3, -0.25) is 0 Å². The monoisotopic (exact) mass is 238 g/mol. The van der Waals surface area contributed by atoms with E-state index in [2.05, 4.69) is 27.1 Å². The fourth-order valence-corrected chi connectivity index (χ4v) is 2.14. The lowest BCUT2D eigenvalue weighted by molar-refractivity contribution is 0.419. The molecular formula is C12H19FN4. The minimum atomic E-state index is -0.383. The average molecular weight is 238 g/mol. The van der Waals surface area contributed by atoms with Gasteiger partial charge in [-0.15, -0.1) is 0 Å². The van der Waals surface area contributed by atoms with Crippen LogP contribution in [0.15, 0.2) is 12.4 Å². The molecule has 0 spiro atoms. The summed E-state index contributed by atoms with van der Waals surface area (Å²) < 4.78 is 12.7. The van der Waals surface area contributed by atoms with E-state index < -0.39 is 0 Å². The van der Waals surface area contributed by atoms with Crippen molar-refractivity contribution in [2.75, 3.05) is 24.5 Å². The van der Waals surface area contributed by atoms with Crippen LogP contribution in [0, 0.1) is 5.82 Å². The number of nitrogens with zero attached hydrogens (tertiary/aromatic N) is 3. The fraction of sp³-hybridized carbons (Fsp3) is 0.667. The van der Waals surface area contributed by atoms with E-state index >= 15 is 0 Å². The van der Waals surface area contributed by atoms with E-state index in [1.54, 1.807) is 0 Å². The van der Waals surface area contributed by atoms with Crippen molar-refractivity contribution in [3.63, 3.8) is 0 Å². The Morgan fingerprint density at radius 2 is 2.24 bits per heavy atom. The lowest BCUT2D eigenvalue weighted by Gasteiger charge is -2.33. The highest BCUT2D eigenvalue weighted by atomic mass is 19.1. The molecule has 1 fully saturated rings. The largest absolute Gasteiger partial charge is 0.339 e. The topological polar surface area (TPSA) is 41.0 Å². The Bertz CT molecular complexity index is 341. The summed E-state index contributed by atoms with van der Waals surface area (Å²) in [7, 11) is 0. The van der Waals surface area contributed by atoms with Gasteiger partial charge in [0.2, 0.25) is 5.95 Å². The standard InChI is InChI=1S/C12H19FN4/c1-2-5-14-11-4-3-6-17(9-11)12-15-7-10(13)8-16-12/h7-8,11,14H,2-6,9H2,1H3. The van der Waals surface area contributed by atoms with Crippen LogP contribution in [0.3, 0.4) is 0 Å². The molecule has 0 aliphatic carbocycles. The van der Waals surface area contributed by atoms with Crippen LogP contribution >= 0.6 is 0 Å². The van der Waals surface area contributed by atoms with Gasteiger partial charge in [0.1, 0.15) is 0 Å². The maximum atomic E-state index is 12.7. The second-order valence-electron chi connectivity index (χ2n) is 4.44. The molecule has 1 aliphatic heterocycles. The maximum Gasteiger partial charge on any atom is 0.225 e. The van der Waals surface area contributed by atoms with Crippen LogP contribution in [0.2, 0.25) is 0 Å². The van der Waals surface area contributed by atoms with Crippen molar-refractivity contribution in [3.05, 3.63) is 18.2 Å². The van der Waals surface area contributed by atoms with E-state index in [-0.39, 0.29) is 5.82 Å². The fourth-order valence-electron chi connectivity index (χ4n) is 2.14. The molecule has 5 heteroatoms. The normalized spacial score (nSPS) is 20.6. The van der Waals surface area contributed by atoms with Crippen molar-refractivity contribution in [2.24, 2.45) is 0 Å². The van der Waals surface area contributed by atoms with Gasteiger partial charge in [-0.25, -0.2) is 14.4 Å². The first-order valence-electron chi connectivity index (χ1n) is 6.25. The van der Waals surface area contributed by atoms with E-state index in [9.17, 15) is 4.39 Å². The molecule has 1 unspecified atom stereocenters. The Labute approximate surface area is 101 Å². The molecule has 0 radical (unpaired) electrons. The molecule has 94 valence electrons. The minimum Gasteiger partial charge on any atom is -0.339 e. The van der Waals surface area contributed by atoms with E-state index in [4.69, 9.17) is 0 Å². The summed E-state index contributed by atoms with van der Waals surface area (Å²) in [4.78, 5) is 10.2. The van der Waals surface area contributed by atoms with E-state index in [1.165, 1.54) is 18.8 Å². The van der Waals surface area contributed by atoms with Gasteiger partial charge in [-0.2, -0.15) is 0 Å². The number of hydrogen-bond acceptors (Lipinski definition) is 4. The molecule has 0 aromatic carbocycles. The van der Waals surface area contributed by atoms with Crippen molar-refractivity contribution >= 4 is 5.95 Å². The third kappa shape index (κ3) is 3.36. The van der Waals surface area contributed by atoms with Crippen molar-refractivity contribution in [2.45, 2.75) is 32.2 Å². The molecule has 1 aromatic heterocycles. The van der Waals surface area contributed by atoms with Crippen LogP contribution in [0.5, 0.6) is 0 Å². The molecule has 17 heavy (non-hydrogen) atoms. The summed E-state index contributed by atoms with van der Waals surface area (Å²) in [6.07, 6.45) is 5.92. The number of hydrogen-bond donors (Lipinski definition) is 1. The third-order valence-electron chi connectivity index (χ3n) is 2.99. The molecule has 0 saturated carbocycles. The second-order valence-corrected chi connectivity index (χ2v) is 4.44. The molecule has 1 N–H and O–H groups in total. The predicted molar refractivity (Wildman–Crippen MR) is 65.5 cm³/mol. The van der Waals surface area contributed by atoms with E-state index in [1.807, 2.05) is 0 Å². The minimum absolute atomic E-state index is 0.383. The number of aromatic nitrogens is 2. The number of nitrogens with one attached hydrogen (secondary N) is 1. The molecule has 2 rings (SSSR count). The Balaban J connectivity index is 1.94. The summed E-state index contributed by atoms with van der Waals surface area (Å²) in [6, 6.07) is 0.498. The molecule has 1 aromatic rings. The molecule has 0 amide bonds. The van der Waals surface area contributed by atoms with Crippen molar-refractivity contribution in [3.8, 4) is 0 Å². The smallest absolute Gasteiger partial charge is 0.225 e. The van der Waals surface area contributed by atoms with Gasteiger partial charge in [0, 0.05) is 19.1 Å². The molecule has 4 nitrogen and oxygen atoms in total. The van der Waals surface area contributed by atoms with Crippen LogP contribution in [0.25, 0.3) is 0 Å². The second kappa shape index (κ2) is 5.91. The summed E-state index contributed by atoms with van der Waals surface area (Å²) >= 11 is 0. The van der Waals surface area contributed by atoms with Gasteiger partial charge in [0.05, 0.1) is 12.4 Å². The van der Waals surface area contributed by atoms with Gasteiger partial charge >= 0.3 is 0 Å². The number of piperidine rings is 1. The zero-order valence-electron chi connectivity index (χ0n) is 10.2. The van der Waals surface area contributed by atoms with Crippen LogP contribution < -0.4 is 10.2 Å². The average Bonchev–Trinajstić information content (AvgIpc) is 2.37. The molecule has 0 bridgehead atoms. The Hall–Kier alpha value is -1.23. The van der Waals surface area contributed by atoms with Crippen molar-refractivity contribution < 1.29 is 4.39 Å². The highest BCUT2D eigenvalue weighted by Crippen LogP contribution is 2.15.